The van der Waals surface area contributed by atoms with Crippen LogP contribution in [0.2, 0.25) is 0 Å². The van der Waals surface area contributed by atoms with Crippen molar-refractivity contribution in [2.45, 2.75) is 25.8 Å². The minimum absolute atomic E-state index is 0.0512. The van der Waals surface area contributed by atoms with Gasteiger partial charge in [-0.15, -0.1) is 0 Å². The summed E-state index contributed by atoms with van der Waals surface area (Å²) in [6.07, 6.45) is 1.81. The number of rotatable bonds is 6. The third-order valence-electron chi connectivity index (χ3n) is 2.96. The minimum Gasteiger partial charge on any atom is -0.493 e. The summed E-state index contributed by atoms with van der Waals surface area (Å²) in [4.78, 5) is 15.7. The number of amides is 1. The molecule has 1 aliphatic rings. The molecule has 2 rings (SSSR count). The van der Waals surface area contributed by atoms with Gasteiger partial charge in [0.15, 0.2) is 0 Å². The molecule has 0 aromatic heterocycles. The number of carbonyl (C=O) groups is 1. The van der Waals surface area contributed by atoms with Crippen molar-refractivity contribution in [1.29, 1.82) is 0 Å². The number of nitrogens with two attached hydrogens (primary N) is 1. The van der Waals surface area contributed by atoms with Gasteiger partial charge in [0, 0.05) is 6.42 Å². The largest absolute Gasteiger partial charge is 0.493 e. The molecule has 0 saturated carbocycles. The summed E-state index contributed by atoms with van der Waals surface area (Å²) in [6, 6.07) is 6.17. The molecule has 1 heterocycles. The third kappa shape index (κ3) is 3.00. The van der Waals surface area contributed by atoms with Crippen LogP contribution in [0.15, 0.2) is 18.2 Å². The first-order valence-corrected chi connectivity index (χ1v) is 6.12. The Kier molecular flexibility index (Phi) is 4.17. The monoisotopic (exact) mass is 250 g/mol. The Balaban J connectivity index is 2.01. The second-order valence-electron chi connectivity index (χ2n) is 4.30. The summed E-state index contributed by atoms with van der Waals surface area (Å²) < 4.78 is 5.47. The Hall–Kier alpha value is -1.59. The number of primary amides is 1. The van der Waals surface area contributed by atoms with Gasteiger partial charge in [-0.3, -0.25) is 9.63 Å². The SMILES string of the molecule is CCC(NOCC(N)=O)c1ccc2c(c1)CCO2. The summed E-state index contributed by atoms with van der Waals surface area (Å²) in [6.45, 7) is 2.68. The second kappa shape index (κ2) is 5.84. The normalized spacial score (nSPS) is 14.9. The van der Waals surface area contributed by atoms with Gasteiger partial charge in [-0.1, -0.05) is 19.1 Å². The van der Waals surface area contributed by atoms with Crippen LogP contribution in [-0.4, -0.2) is 19.1 Å². The van der Waals surface area contributed by atoms with Gasteiger partial charge in [-0.05, 0) is 23.6 Å². The zero-order chi connectivity index (χ0) is 13.0. The first-order chi connectivity index (χ1) is 8.70. The molecule has 1 aliphatic heterocycles. The van der Waals surface area contributed by atoms with Crippen molar-refractivity contribution < 1.29 is 14.4 Å². The van der Waals surface area contributed by atoms with Gasteiger partial charge in [-0.25, -0.2) is 0 Å². The summed E-state index contributed by atoms with van der Waals surface area (Å²) >= 11 is 0. The van der Waals surface area contributed by atoms with Crippen molar-refractivity contribution >= 4 is 5.91 Å². The Morgan fingerprint density at radius 3 is 3.17 bits per heavy atom. The third-order valence-corrected chi connectivity index (χ3v) is 2.96. The molecule has 3 N–H and O–H groups in total. The molecular weight excluding hydrogens is 232 g/mol. The predicted octanol–water partition coefficient (Wildman–Crippen LogP) is 1.08. The molecule has 1 unspecified atom stereocenters. The number of hydroxylamine groups is 1. The first-order valence-electron chi connectivity index (χ1n) is 6.12. The van der Waals surface area contributed by atoms with Crippen molar-refractivity contribution in [2.24, 2.45) is 5.73 Å². The lowest BCUT2D eigenvalue weighted by Crippen LogP contribution is -2.27. The van der Waals surface area contributed by atoms with Crippen LogP contribution in [0.3, 0.4) is 0 Å². The summed E-state index contributed by atoms with van der Waals surface area (Å²) in [7, 11) is 0. The first kappa shape index (κ1) is 12.9. The highest BCUT2D eigenvalue weighted by Gasteiger charge is 2.16. The zero-order valence-corrected chi connectivity index (χ0v) is 10.4. The molecule has 1 aromatic carbocycles. The Morgan fingerprint density at radius 2 is 2.44 bits per heavy atom. The molecule has 0 fully saturated rings. The number of hydrogen-bond donors (Lipinski definition) is 2. The molecule has 1 amide bonds. The molecule has 5 nitrogen and oxygen atoms in total. The smallest absolute Gasteiger partial charge is 0.245 e. The lowest BCUT2D eigenvalue weighted by atomic mass is 10.0. The standard InChI is InChI=1S/C13H18N2O3/c1-2-11(15-18-8-13(14)16)9-3-4-12-10(7-9)5-6-17-12/h3-4,7,11,15H,2,5-6,8H2,1H3,(H2,14,16). The van der Waals surface area contributed by atoms with E-state index in [0.29, 0.717) is 0 Å². The molecule has 1 atom stereocenters. The van der Waals surface area contributed by atoms with Gasteiger partial charge < -0.3 is 10.5 Å². The number of nitrogens with one attached hydrogen (secondary N) is 1. The van der Waals surface area contributed by atoms with E-state index in [1.165, 1.54) is 5.56 Å². The van der Waals surface area contributed by atoms with Crippen LogP contribution in [0.25, 0.3) is 0 Å². The summed E-state index contributed by atoms with van der Waals surface area (Å²) in [5.41, 5.74) is 10.2. The maximum absolute atomic E-state index is 10.6. The fourth-order valence-corrected chi connectivity index (χ4v) is 2.02. The topological polar surface area (TPSA) is 73.6 Å². The molecule has 0 spiro atoms. The average Bonchev–Trinajstić information content (AvgIpc) is 2.81. The van der Waals surface area contributed by atoms with Gasteiger partial charge in [0.1, 0.15) is 12.4 Å². The number of ether oxygens (including phenoxy) is 1. The Morgan fingerprint density at radius 1 is 1.61 bits per heavy atom. The molecule has 5 heteroatoms. The summed E-state index contributed by atoms with van der Waals surface area (Å²) in [5, 5.41) is 0. The highest BCUT2D eigenvalue weighted by molar-refractivity contribution is 5.74. The molecule has 1 aromatic rings. The van der Waals surface area contributed by atoms with E-state index in [-0.39, 0.29) is 12.6 Å². The Bertz CT molecular complexity index is 434. The zero-order valence-electron chi connectivity index (χ0n) is 10.4. The Labute approximate surface area is 106 Å². The fourth-order valence-electron chi connectivity index (χ4n) is 2.02. The van der Waals surface area contributed by atoms with E-state index in [2.05, 4.69) is 18.5 Å². The van der Waals surface area contributed by atoms with Crippen LogP contribution >= 0.6 is 0 Å². The van der Waals surface area contributed by atoms with E-state index in [0.717, 1.165) is 30.8 Å². The maximum atomic E-state index is 10.6. The van der Waals surface area contributed by atoms with Crippen LogP contribution in [0.4, 0.5) is 0 Å². The predicted molar refractivity (Wildman–Crippen MR) is 67.0 cm³/mol. The maximum Gasteiger partial charge on any atom is 0.245 e. The lowest BCUT2D eigenvalue weighted by Gasteiger charge is -2.17. The van der Waals surface area contributed by atoms with Gasteiger partial charge in [0.2, 0.25) is 5.91 Å². The summed E-state index contributed by atoms with van der Waals surface area (Å²) in [5.74, 6) is 0.478. The molecule has 98 valence electrons. The molecular formula is C13H18N2O3. The van der Waals surface area contributed by atoms with Crippen LogP contribution in [-0.2, 0) is 16.1 Å². The van der Waals surface area contributed by atoms with Crippen molar-refractivity contribution in [3.8, 4) is 5.75 Å². The van der Waals surface area contributed by atoms with Crippen LogP contribution < -0.4 is 16.0 Å². The van der Waals surface area contributed by atoms with Gasteiger partial charge in [0.25, 0.3) is 0 Å². The number of benzene rings is 1. The molecule has 0 aliphatic carbocycles. The fraction of sp³-hybridized carbons (Fsp3) is 0.462. The van der Waals surface area contributed by atoms with Crippen molar-refractivity contribution in [1.82, 2.24) is 5.48 Å². The molecule has 0 radical (unpaired) electrons. The number of fused-ring (bicyclic) bond motifs is 1. The van der Waals surface area contributed by atoms with E-state index in [1.54, 1.807) is 0 Å². The van der Waals surface area contributed by atoms with E-state index in [9.17, 15) is 4.79 Å². The molecule has 18 heavy (non-hydrogen) atoms. The van der Waals surface area contributed by atoms with E-state index >= 15 is 0 Å². The van der Waals surface area contributed by atoms with Crippen LogP contribution in [0.1, 0.15) is 30.5 Å². The molecule has 0 bridgehead atoms. The van der Waals surface area contributed by atoms with Gasteiger partial charge in [0.05, 0.1) is 12.6 Å². The highest BCUT2D eigenvalue weighted by Crippen LogP contribution is 2.28. The van der Waals surface area contributed by atoms with Gasteiger partial charge in [-0.2, -0.15) is 5.48 Å². The lowest BCUT2D eigenvalue weighted by molar-refractivity contribution is -0.126. The van der Waals surface area contributed by atoms with E-state index in [1.807, 2.05) is 12.1 Å². The van der Waals surface area contributed by atoms with E-state index in [4.69, 9.17) is 15.3 Å². The highest BCUT2D eigenvalue weighted by atomic mass is 16.6. The van der Waals surface area contributed by atoms with Crippen molar-refractivity contribution in [3.05, 3.63) is 29.3 Å². The van der Waals surface area contributed by atoms with Crippen LogP contribution in [0.5, 0.6) is 5.75 Å². The average molecular weight is 250 g/mol. The van der Waals surface area contributed by atoms with Crippen molar-refractivity contribution in [3.63, 3.8) is 0 Å². The van der Waals surface area contributed by atoms with Crippen molar-refractivity contribution in [2.75, 3.05) is 13.2 Å². The van der Waals surface area contributed by atoms with Gasteiger partial charge >= 0.3 is 0 Å². The van der Waals surface area contributed by atoms with E-state index < -0.39 is 5.91 Å². The second-order valence-corrected chi connectivity index (χ2v) is 4.30. The number of hydrogen-bond acceptors (Lipinski definition) is 4. The molecule has 0 saturated heterocycles. The van der Waals surface area contributed by atoms with Crippen LogP contribution in [0, 0.1) is 0 Å². The minimum atomic E-state index is -0.486. The quantitative estimate of drug-likeness (QED) is 0.741. The number of carbonyl (C=O) groups excluding carboxylic acids is 1.